The normalized spacial score (nSPS) is 10.5. The fraction of sp³-hybridized carbons (Fsp3) is 0. The van der Waals surface area contributed by atoms with Crippen LogP contribution < -0.4 is 0 Å². The molecule has 0 radical (unpaired) electrons. The molecule has 21 heavy (non-hydrogen) atoms. The van der Waals surface area contributed by atoms with Crippen molar-refractivity contribution in [3.8, 4) is 22.9 Å². The van der Waals surface area contributed by atoms with Crippen LogP contribution in [0.25, 0.3) is 22.9 Å². The molecule has 0 atom stereocenters. The summed E-state index contributed by atoms with van der Waals surface area (Å²) in [5, 5.41) is 18.7. The van der Waals surface area contributed by atoms with E-state index in [1.807, 2.05) is 30.3 Å². The number of aromatic nitrogens is 2. The van der Waals surface area contributed by atoms with Crippen molar-refractivity contribution in [1.82, 2.24) is 10.2 Å². The summed E-state index contributed by atoms with van der Waals surface area (Å²) in [7, 11) is 0. The second kappa shape index (κ2) is 5.45. The monoisotopic (exact) mass is 345 g/mol. The van der Waals surface area contributed by atoms with Gasteiger partial charge >= 0.3 is 0 Å². The van der Waals surface area contributed by atoms with E-state index in [2.05, 4.69) is 26.1 Å². The number of halogens is 1. The van der Waals surface area contributed by atoms with Crippen LogP contribution in [-0.4, -0.2) is 15.1 Å². The SMILES string of the molecule is O=[N+]([O-])c1ccc(-c2nnc(-c3ccccc3)o2)cc1Br. The summed E-state index contributed by atoms with van der Waals surface area (Å²) in [6.45, 7) is 0. The maximum Gasteiger partial charge on any atom is 0.283 e. The van der Waals surface area contributed by atoms with Gasteiger partial charge in [-0.1, -0.05) is 18.2 Å². The summed E-state index contributed by atoms with van der Waals surface area (Å²) < 4.78 is 5.96. The molecule has 0 N–H and O–H groups in total. The molecule has 1 heterocycles. The van der Waals surface area contributed by atoms with Crippen molar-refractivity contribution >= 4 is 21.6 Å². The highest BCUT2D eigenvalue weighted by Gasteiger charge is 2.15. The molecule has 0 amide bonds. The Morgan fingerprint density at radius 1 is 1.00 bits per heavy atom. The lowest BCUT2D eigenvalue weighted by Gasteiger charge is -1.98. The minimum absolute atomic E-state index is 0.0125. The smallest absolute Gasteiger partial charge is 0.283 e. The van der Waals surface area contributed by atoms with E-state index < -0.39 is 4.92 Å². The largest absolute Gasteiger partial charge is 0.416 e. The quantitative estimate of drug-likeness (QED) is 0.527. The molecule has 0 aliphatic carbocycles. The molecule has 6 nitrogen and oxygen atoms in total. The zero-order valence-corrected chi connectivity index (χ0v) is 12.1. The van der Waals surface area contributed by atoms with Gasteiger partial charge in [-0.2, -0.15) is 0 Å². The van der Waals surface area contributed by atoms with Gasteiger partial charge in [-0.3, -0.25) is 10.1 Å². The second-order valence-electron chi connectivity index (χ2n) is 4.20. The average molecular weight is 346 g/mol. The summed E-state index contributed by atoms with van der Waals surface area (Å²) in [6, 6.07) is 13.9. The van der Waals surface area contributed by atoms with E-state index >= 15 is 0 Å². The second-order valence-corrected chi connectivity index (χ2v) is 5.06. The maximum atomic E-state index is 10.8. The van der Waals surface area contributed by atoms with Crippen LogP contribution in [0.2, 0.25) is 0 Å². The Balaban J connectivity index is 1.97. The van der Waals surface area contributed by atoms with E-state index in [-0.39, 0.29) is 5.69 Å². The zero-order chi connectivity index (χ0) is 14.8. The molecule has 104 valence electrons. The topological polar surface area (TPSA) is 82.1 Å². The molecule has 2 aromatic carbocycles. The Labute approximate surface area is 127 Å². The lowest BCUT2D eigenvalue weighted by atomic mass is 10.2. The summed E-state index contributed by atoms with van der Waals surface area (Å²) >= 11 is 3.17. The molecular formula is C14H8BrN3O3. The standard InChI is InChI=1S/C14H8BrN3O3/c15-11-8-10(6-7-12(11)18(19)20)14-17-16-13(21-14)9-4-2-1-3-5-9/h1-8H. The summed E-state index contributed by atoms with van der Waals surface area (Å²) in [5.41, 5.74) is 1.42. The third-order valence-electron chi connectivity index (χ3n) is 2.84. The third-order valence-corrected chi connectivity index (χ3v) is 3.47. The molecule has 3 aromatic rings. The highest BCUT2D eigenvalue weighted by Crippen LogP contribution is 2.31. The van der Waals surface area contributed by atoms with Crippen LogP contribution >= 0.6 is 15.9 Å². The average Bonchev–Trinajstić information content (AvgIpc) is 2.97. The molecule has 0 saturated heterocycles. The number of nitro groups is 1. The Hall–Kier alpha value is -2.54. The van der Waals surface area contributed by atoms with Crippen molar-refractivity contribution in [2.24, 2.45) is 0 Å². The molecule has 0 unspecified atom stereocenters. The highest BCUT2D eigenvalue weighted by molar-refractivity contribution is 9.10. The first kappa shape index (κ1) is 13.4. The Bertz CT molecular complexity index is 802. The lowest BCUT2D eigenvalue weighted by Crippen LogP contribution is -1.89. The van der Waals surface area contributed by atoms with E-state index in [0.29, 0.717) is 21.8 Å². The van der Waals surface area contributed by atoms with Crippen LogP contribution in [0, 0.1) is 10.1 Å². The molecular weight excluding hydrogens is 338 g/mol. The predicted octanol–water partition coefficient (Wildman–Crippen LogP) is 4.07. The van der Waals surface area contributed by atoms with E-state index in [1.54, 1.807) is 12.1 Å². The van der Waals surface area contributed by atoms with Crippen LogP contribution in [0.3, 0.4) is 0 Å². The number of hydrogen-bond acceptors (Lipinski definition) is 5. The molecule has 0 fully saturated rings. The van der Waals surface area contributed by atoms with Crippen LogP contribution in [0.1, 0.15) is 0 Å². The van der Waals surface area contributed by atoms with Crippen LogP contribution in [-0.2, 0) is 0 Å². The van der Waals surface area contributed by atoms with Gasteiger partial charge in [-0.25, -0.2) is 0 Å². The summed E-state index contributed by atoms with van der Waals surface area (Å²) in [6.07, 6.45) is 0. The van der Waals surface area contributed by atoms with Crippen LogP contribution in [0.15, 0.2) is 57.4 Å². The van der Waals surface area contributed by atoms with E-state index in [9.17, 15) is 10.1 Å². The molecule has 0 spiro atoms. The minimum atomic E-state index is -0.461. The van der Waals surface area contributed by atoms with E-state index in [1.165, 1.54) is 6.07 Å². The van der Waals surface area contributed by atoms with Gasteiger partial charge in [0, 0.05) is 17.2 Å². The number of hydrogen-bond donors (Lipinski definition) is 0. The Morgan fingerprint density at radius 2 is 1.67 bits per heavy atom. The van der Waals surface area contributed by atoms with E-state index in [0.717, 1.165) is 5.56 Å². The van der Waals surface area contributed by atoms with Crippen molar-refractivity contribution in [3.63, 3.8) is 0 Å². The van der Waals surface area contributed by atoms with Gasteiger partial charge in [0.05, 0.1) is 9.40 Å². The van der Waals surface area contributed by atoms with Gasteiger partial charge in [0.25, 0.3) is 5.69 Å². The molecule has 3 rings (SSSR count). The van der Waals surface area contributed by atoms with Gasteiger partial charge in [0.15, 0.2) is 0 Å². The van der Waals surface area contributed by atoms with Crippen molar-refractivity contribution in [2.45, 2.75) is 0 Å². The first-order valence-corrected chi connectivity index (χ1v) is 6.77. The fourth-order valence-corrected chi connectivity index (χ4v) is 2.35. The number of rotatable bonds is 3. The molecule has 0 saturated carbocycles. The first-order chi connectivity index (χ1) is 10.1. The third kappa shape index (κ3) is 2.68. The Morgan fingerprint density at radius 3 is 2.29 bits per heavy atom. The molecule has 0 bridgehead atoms. The van der Waals surface area contributed by atoms with Crippen molar-refractivity contribution in [1.29, 1.82) is 0 Å². The summed E-state index contributed by atoms with van der Waals surface area (Å²) in [4.78, 5) is 10.3. The number of nitro benzene ring substituents is 1. The lowest BCUT2D eigenvalue weighted by molar-refractivity contribution is -0.385. The van der Waals surface area contributed by atoms with Gasteiger partial charge in [0.2, 0.25) is 11.8 Å². The Kier molecular flexibility index (Phi) is 3.49. The van der Waals surface area contributed by atoms with Crippen LogP contribution in [0.4, 0.5) is 5.69 Å². The highest BCUT2D eigenvalue weighted by atomic mass is 79.9. The fourth-order valence-electron chi connectivity index (χ4n) is 1.83. The minimum Gasteiger partial charge on any atom is -0.416 e. The van der Waals surface area contributed by atoms with Crippen molar-refractivity contribution in [2.75, 3.05) is 0 Å². The van der Waals surface area contributed by atoms with Crippen molar-refractivity contribution < 1.29 is 9.34 Å². The zero-order valence-electron chi connectivity index (χ0n) is 10.6. The molecule has 7 heteroatoms. The molecule has 0 aliphatic rings. The van der Waals surface area contributed by atoms with Crippen molar-refractivity contribution in [3.05, 3.63) is 63.1 Å². The van der Waals surface area contributed by atoms with Gasteiger partial charge in [0.1, 0.15) is 0 Å². The number of nitrogens with zero attached hydrogens (tertiary/aromatic N) is 3. The summed E-state index contributed by atoms with van der Waals surface area (Å²) in [5.74, 6) is 0.713. The van der Waals surface area contributed by atoms with Gasteiger partial charge in [-0.15, -0.1) is 10.2 Å². The predicted molar refractivity (Wildman–Crippen MR) is 79.5 cm³/mol. The van der Waals surface area contributed by atoms with Gasteiger partial charge in [-0.05, 0) is 40.2 Å². The first-order valence-electron chi connectivity index (χ1n) is 5.98. The number of benzene rings is 2. The molecule has 0 aliphatic heterocycles. The maximum absolute atomic E-state index is 10.8. The molecule has 1 aromatic heterocycles. The van der Waals surface area contributed by atoms with Gasteiger partial charge < -0.3 is 4.42 Å². The van der Waals surface area contributed by atoms with E-state index in [4.69, 9.17) is 4.42 Å². The van der Waals surface area contributed by atoms with Crippen LogP contribution in [0.5, 0.6) is 0 Å².